The number of nitrogens with zero attached hydrogens (tertiary/aromatic N) is 5. The van der Waals surface area contributed by atoms with Crippen LogP contribution in [0, 0.1) is 5.92 Å². The maximum atomic E-state index is 16.3. The summed E-state index contributed by atoms with van der Waals surface area (Å²) in [5.41, 5.74) is 2.61. The van der Waals surface area contributed by atoms with Crippen molar-refractivity contribution in [2.75, 3.05) is 16.4 Å². The highest BCUT2D eigenvalue weighted by molar-refractivity contribution is 6.72. The molecule has 1 N–H and O–H groups in total. The van der Waals surface area contributed by atoms with Crippen LogP contribution in [0.1, 0.15) is 40.5 Å². The molecule has 3 aliphatic heterocycles. The molecule has 0 radical (unpaired) electrons. The number of aromatic nitrogens is 3. The van der Waals surface area contributed by atoms with Gasteiger partial charge in [0.15, 0.2) is 11.4 Å². The minimum absolute atomic E-state index is 0.0317. The Morgan fingerprint density at radius 2 is 1.70 bits per heavy atom. The maximum Gasteiger partial charge on any atom is 0.266 e. The second-order valence-corrected chi connectivity index (χ2v) is 18.7. The van der Waals surface area contributed by atoms with Gasteiger partial charge in [-0.3, -0.25) is 19.2 Å². The van der Waals surface area contributed by atoms with Gasteiger partial charge in [-0.05, 0) is 79.7 Å². The van der Waals surface area contributed by atoms with Crippen LogP contribution >= 0.6 is 11.6 Å². The van der Waals surface area contributed by atoms with Gasteiger partial charge in [-0.25, -0.2) is 0 Å². The van der Waals surface area contributed by atoms with Crippen molar-refractivity contribution in [1.29, 1.82) is 0 Å². The molecule has 0 unspecified atom stereocenters. The minimum Gasteiger partial charge on any atom is -0.454 e. The quantitative estimate of drug-likeness (QED) is 0.120. The SMILES string of the molecule is C[C@H]1[C@H]([Si](C)(C)F)[C@@H](CCn2cc(CCO)nn2)O[C@]12C(=O)N(Cc1ccc(N3C(=O)c4ccccc4Oc4ccccc43)cc1)c1ccc(Cl)cc12. The zero-order valence-corrected chi connectivity index (χ0v) is 31.3. The first-order valence-electron chi connectivity index (χ1n) is 17.8. The van der Waals surface area contributed by atoms with E-state index in [0.717, 1.165) is 5.56 Å². The summed E-state index contributed by atoms with van der Waals surface area (Å²) in [5, 5.41) is 18.0. The summed E-state index contributed by atoms with van der Waals surface area (Å²) in [7, 11) is -3.38. The Morgan fingerprint density at radius 3 is 2.45 bits per heavy atom. The van der Waals surface area contributed by atoms with Gasteiger partial charge in [-0.1, -0.05) is 60.1 Å². The lowest BCUT2D eigenvalue weighted by molar-refractivity contribution is -0.146. The third kappa shape index (κ3) is 6.03. The van der Waals surface area contributed by atoms with Gasteiger partial charge in [-0.2, -0.15) is 0 Å². The first-order chi connectivity index (χ1) is 25.5. The maximum absolute atomic E-state index is 16.3. The van der Waals surface area contributed by atoms with Crippen LogP contribution in [0.15, 0.2) is 97.2 Å². The third-order valence-corrected chi connectivity index (χ3v) is 13.4. The second kappa shape index (κ2) is 13.5. The monoisotopic (exact) mass is 751 g/mol. The fourth-order valence-corrected chi connectivity index (χ4v) is 11.1. The largest absolute Gasteiger partial charge is 0.454 e. The van der Waals surface area contributed by atoms with E-state index in [1.807, 2.05) is 73.7 Å². The Kier molecular flexibility index (Phi) is 8.96. The van der Waals surface area contributed by atoms with Crippen molar-refractivity contribution in [2.45, 2.75) is 63.2 Å². The van der Waals surface area contributed by atoms with Crippen molar-refractivity contribution in [3.05, 3.63) is 125 Å². The van der Waals surface area contributed by atoms with E-state index in [1.165, 1.54) is 0 Å². The Balaban J connectivity index is 1.10. The van der Waals surface area contributed by atoms with Crippen LogP contribution < -0.4 is 14.5 Å². The fourth-order valence-electron chi connectivity index (χ4n) is 8.38. The predicted molar refractivity (Wildman–Crippen MR) is 202 cm³/mol. The highest BCUT2D eigenvalue weighted by Gasteiger charge is 2.66. The van der Waals surface area contributed by atoms with Crippen LogP contribution in [0.2, 0.25) is 23.7 Å². The van der Waals surface area contributed by atoms with E-state index in [1.54, 1.807) is 58.0 Å². The Bertz CT molecular complexity index is 2210. The van der Waals surface area contributed by atoms with E-state index in [0.29, 0.717) is 69.8 Å². The van der Waals surface area contributed by atoms with Crippen molar-refractivity contribution in [1.82, 2.24) is 15.0 Å². The van der Waals surface area contributed by atoms with Gasteiger partial charge >= 0.3 is 0 Å². The molecule has 53 heavy (non-hydrogen) atoms. The number of aliphatic hydroxyl groups excluding tert-OH is 1. The number of fused-ring (bicyclic) bond motifs is 4. The lowest BCUT2D eigenvalue weighted by Crippen LogP contribution is -2.45. The van der Waals surface area contributed by atoms with Crippen LogP contribution in [0.5, 0.6) is 11.5 Å². The molecule has 3 aliphatic rings. The predicted octanol–water partition coefficient (Wildman–Crippen LogP) is 7.96. The number of para-hydroxylation sites is 3. The first kappa shape index (κ1) is 35.2. The highest BCUT2D eigenvalue weighted by atomic mass is 35.5. The number of carbonyl (C=O) groups is 2. The average molecular weight is 752 g/mol. The number of amides is 2. The molecule has 13 heteroatoms. The number of aliphatic hydroxyl groups is 1. The normalized spacial score (nSPS) is 22.1. The van der Waals surface area contributed by atoms with Gasteiger partial charge in [0.05, 0.1) is 35.3 Å². The standard InChI is InChI=1S/C40H39ClFN5O5Si/c1-25-37(53(2,3)42)36(18-20-45-24-28(19-21-48)43-44-45)52-40(25)31-22-27(41)14-17-32(31)46(39(40)50)23-26-12-15-29(16-13-26)47-33-9-5-7-11-35(33)51-34-10-6-4-8-30(34)38(47)49/h4-17,22,24-25,36-37,48H,18-21,23H2,1-3H3/t25-,36+,37-,40+/m0/s1. The van der Waals surface area contributed by atoms with Crippen molar-refractivity contribution in [3.8, 4) is 11.5 Å². The molecule has 4 heterocycles. The summed E-state index contributed by atoms with van der Waals surface area (Å²) in [6, 6.07) is 27.5. The van der Waals surface area contributed by atoms with Crippen LogP contribution in [0.4, 0.5) is 21.2 Å². The van der Waals surface area contributed by atoms with Gasteiger partial charge in [-0.15, -0.1) is 5.10 Å². The van der Waals surface area contributed by atoms with E-state index in [9.17, 15) is 14.7 Å². The third-order valence-electron chi connectivity index (χ3n) is 10.7. The lowest BCUT2D eigenvalue weighted by Gasteiger charge is -2.31. The van der Waals surface area contributed by atoms with E-state index in [2.05, 4.69) is 10.3 Å². The lowest BCUT2D eigenvalue weighted by atomic mass is 9.82. The number of rotatable bonds is 9. The summed E-state index contributed by atoms with van der Waals surface area (Å²) in [4.78, 5) is 32.2. The Labute approximate surface area is 312 Å². The summed E-state index contributed by atoms with van der Waals surface area (Å²) in [6.45, 7) is 5.88. The van der Waals surface area contributed by atoms with E-state index >= 15 is 4.11 Å². The molecule has 0 bridgehead atoms. The molecule has 1 fully saturated rings. The molecule has 1 aromatic heterocycles. The number of halogens is 2. The number of benzene rings is 4. The summed E-state index contributed by atoms with van der Waals surface area (Å²) in [6.07, 6.45) is 2.04. The summed E-state index contributed by atoms with van der Waals surface area (Å²) in [5.74, 6) is 0.102. The molecule has 0 saturated carbocycles. The molecule has 2 amide bonds. The number of ether oxygens (including phenoxy) is 2. The number of hydrogen-bond acceptors (Lipinski definition) is 7. The van der Waals surface area contributed by atoms with Crippen molar-refractivity contribution in [2.24, 2.45) is 5.92 Å². The summed E-state index contributed by atoms with van der Waals surface area (Å²) < 4.78 is 31.0. The zero-order valence-electron chi connectivity index (χ0n) is 29.6. The van der Waals surface area contributed by atoms with Gasteiger partial charge in [0.2, 0.25) is 8.41 Å². The molecule has 272 valence electrons. The van der Waals surface area contributed by atoms with Crippen molar-refractivity contribution in [3.63, 3.8) is 0 Å². The minimum atomic E-state index is -3.38. The van der Waals surface area contributed by atoms with Crippen LogP contribution in [0.25, 0.3) is 0 Å². The van der Waals surface area contributed by atoms with Crippen molar-refractivity contribution >= 4 is 48.9 Å². The molecule has 0 aliphatic carbocycles. The van der Waals surface area contributed by atoms with E-state index in [4.69, 9.17) is 21.1 Å². The molecule has 4 aromatic carbocycles. The highest BCUT2D eigenvalue weighted by Crippen LogP contribution is 2.60. The van der Waals surface area contributed by atoms with Crippen molar-refractivity contribution < 1.29 is 28.3 Å². The Morgan fingerprint density at radius 1 is 0.962 bits per heavy atom. The number of carbonyl (C=O) groups excluding carboxylic acids is 2. The molecule has 5 aromatic rings. The Hall–Kier alpha value is -4.88. The molecule has 4 atom stereocenters. The topological polar surface area (TPSA) is 110 Å². The van der Waals surface area contributed by atoms with E-state index in [-0.39, 0.29) is 25.0 Å². The second-order valence-electron chi connectivity index (χ2n) is 14.4. The number of aryl methyl sites for hydroxylation is 1. The van der Waals surface area contributed by atoms with Crippen LogP contribution in [-0.4, -0.2) is 53.0 Å². The molecule has 1 spiro atoms. The first-order valence-corrected chi connectivity index (χ1v) is 21.1. The smallest absolute Gasteiger partial charge is 0.266 e. The van der Waals surface area contributed by atoms with Gasteiger partial charge < -0.3 is 23.6 Å². The van der Waals surface area contributed by atoms with E-state index < -0.39 is 31.6 Å². The van der Waals surface area contributed by atoms with Gasteiger partial charge in [0.1, 0.15) is 5.75 Å². The summed E-state index contributed by atoms with van der Waals surface area (Å²) >= 11 is 6.57. The average Bonchev–Trinajstić information content (AvgIpc) is 3.75. The van der Waals surface area contributed by atoms with Gasteiger partial charge in [0.25, 0.3) is 11.8 Å². The molecular weight excluding hydrogens is 713 g/mol. The molecule has 8 rings (SSSR count). The fraction of sp³-hybridized carbons (Fsp3) is 0.300. The zero-order chi connectivity index (χ0) is 37.1. The van der Waals surface area contributed by atoms with Gasteiger partial charge in [0, 0.05) is 53.5 Å². The van der Waals surface area contributed by atoms with Crippen LogP contribution in [0.3, 0.4) is 0 Å². The molecular formula is C40H39ClFN5O5Si. The van der Waals surface area contributed by atoms with Crippen LogP contribution in [-0.2, 0) is 34.6 Å². The number of anilines is 3. The molecule has 10 nitrogen and oxygen atoms in total. The molecule has 1 saturated heterocycles. The number of hydrogen-bond donors (Lipinski definition) is 1.